The highest BCUT2D eigenvalue weighted by Crippen LogP contribution is 2.25. The molecule has 1 aromatic heterocycles. The van der Waals surface area contributed by atoms with E-state index < -0.39 is 0 Å². The summed E-state index contributed by atoms with van der Waals surface area (Å²) < 4.78 is 15.8. The molecule has 1 unspecified atom stereocenters. The smallest absolute Gasteiger partial charge is 0.124 e. The second-order valence-electron chi connectivity index (χ2n) is 4.77. The van der Waals surface area contributed by atoms with Crippen LogP contribution in [0.3, 0.4) is 0 Å². The average molecular weight is 340 g/mol. The number of aryl methyl sites for hydroxylation is 2. The average Bonchev–Trinajstić information content (AvgIpc) is 2.80. The Hall–Kier alpha value is -1.20. The van der Waals surface area contributed by atoms with Crippen LogP contribution in [0.25, 0.3) is 0 Å². The molecule has 0 saturated heterocycles. The van der Waals surface area contributed by atoms with Crippen molar-refractivity contribution < 1.29 is 4.39 Å². The van der Waals surface area contributed by atoms with Crippen LogP contribution in [0.5, 0.6) is 0 Å². The molecular formula is C15H19BrFN3. The van der Waals surface area contributed by atoms with E-state index in [0.717, 1.165) is 29.9 Å². The van der Waals surface area contributed by atoms with Crippen molar-refractivity contribution in [3.8, 4) is 0 Å². The quantitative estimate of drug-likeness (QED) is 0.904. The second-order valence-corrected chi connectivity index (χ2v) is 5.63. The molecule has 20 heavy (non-hydrogen) atoms. The first-order chi connectivity index (χ1) is 9.55. The normalized spacial score (nSPS) is 12.7. The van der Waals surface area contributed by atoms with Crippen LogP contribution in [-0.4, -0.2) is 9.78 Å². The molecule has 0 radical (unpaired) electrons. The highest BCUT2D eigenvalue weighted by atomic mass is 79.9. The van der Waals surface area contributed by atoms with Crippen LogP contribution in [0.15, 0.2) is 28.7 Å². The first-order valence-corrected chi connectivity index (χ1v) is 7.60. The molecule has 0 fully saturated rings. The van der Waals surface area contributed by atoms with Gasteiger partial charge in [0.2, 0.25) is 0 Å². The Bertz CT molecular complexity index is 595. The van der Waals surface area contributed by atoms with Gasteiger partial charge in [0.25, 0.3) is 0 Å². The number of nitrogens with zero attached hydrogens (tertiary/aromatic N) is 2. The van der Waals surface area contributed by atoms with Crippen LogP contribution in [0.4, 0.5) is 4.39 Å². The van der Waals surface area contributed by atoms with E-state index in [0.29, 0.717) is 10.9 Å². The highest BCUT2D eigenvalue weighted by molar-refractivity contribution is 9.10. The molecule has 5 heteroatoms. The third kappa shape index (κ3) is 3.27. The predicted molar refractivity (Wildman–Crippen MR) is 82.0 cm³/mol. The summed E-state index contributed by atoms with van der Waals surface area (Å²) in [5, 5.41) is 4.52. The van der Waals surface area contributed by atoms with Gasteiger partial charge in [-0.2, -0.15) is 5.10 Å². The van der Waals surface area contributed by atoms with Crippen molar-refractivity contribution in [1.29, 1.82) is 0 Å². The molecule has 0 bridgehead atoms. The van der Waals surface area contributed by atoms with Crippen LogP contribution < -0.4 is 5.73 Å². The second kappa shape index (κ2) is 6.50. The van der Waals surface area contributed by atoms with Gasteiger partial charge in [-0.25, -0.2) is 4.39 Å². The van der Waals surface area contributed by atoms with Crippen molar-refractivity contribution in [1.82, 2.24) is 9.78 Å². The molecule has 0 saturated carbocycles. The SMILES string of the molecule is CCc1cc(CC(N)c2ccc(F)cc2Br)n(CC)n1. The highest BCUT2D eigenvalue weighted by Gasteiger charge is 2.15. The molecule has 0 spiro atoms. The summed E-state index contributed by atoms with van der Waals surface area (Å²) in [6.07, 6.45) is 1.60. The van der Waals surface area contributed by atoms with E-state index in [9.17, 15) is 4.39 Å². The van der Waals surface area contributed by atoms with Gasteiger partial charge in [-0.3, -0.25) is 4.68 Å². The minimum atomic E-state index is -0.264. The number of aromatic nitrogens is 2. The van der Waals surface area contributed by atoms with E-state index in [1.807, 2.05) is 4.68 Å². The Balaban J connectivity index is 2.22. The molecule has 2 rings (SSSR count). The van der Waals surface area contributed by atoms with Crippen LogP contribution in [0.2, 0.25) is 0 Å². The molecule has 0 amide bonds. The third-order valence-electron chi connectivity index (χ3n) is 3.37. The van der Waals surface area contributed by atoms with Gasteiger partial charge >= 0.3 is 0 Å². The Morgan fingerprint density at radius 3 is 2.70 bits per heavy atom. The van der Waals surface area contributed by atoms with E-state index >= 15 is 0 Å². The predicted octanol–water partition coefficient (Wildman–Crippen LogP) is 3.61. The molecule has 3 nitrogen and oxygen atoms in total. The summed E-state index contributed by atoms with van der Waals surface area (Å²) in [4.78, 5) is 0. The lowest BCUT2D eigenvalue weighted by Crippen LogP contribution is -2.16. The van der Waals surface area contributed by atoms with Crippen molar-refractivity contribution in [3.05, 3.63) is 51.5 Å². The van der Waals surface area contributed by atoms with Gasteiger partial charge in [-0.1, -0.05) is 28.9 Å². The molecule has 1 aromatic carbocycles. The largest absolute Gasteiger partial charge is 0.324 e. The molecule has 2 aromatic rings. The van der Waals surface area contributed by atoms with Gasteiger partial charge in [0, 0.05) is 29.2 Å². The van der Waals surface area contributed by atoms with E-state index in [2.05, 4.69) is 40.9 Å². The summed E-state index contributed by atoms with van der Waals surface area (Å²) in [6.45, 7) is 4.98. The van der Waals surface area contributed by atoms with Crippen molar-refractivity contribution >= 4 is 15.9 Å². The van der Waals surface area contributed by atoms with Gasteiger partial charge in [0.05, 0.1) is 5.69 Å². The molecule has 1 heterocycles. The monoisotopic (exact) mass is 339 g/mol. The number of hydrogen-bond donors (Lipinski definition) is 1. The maximum Gasteiger partial charge on any atom is 0.124 e. The Morgan fingerprint density at radius 2 is 2.10 bits per heavy atom. The number of benzene rings is 1. The van der Waals surface area contributed by atoms with Crippen LogP contribution >= 0.6 is 15.9 Å². The fourth-order valence-corrected chi connectivity index (χ4v) is 2.91. The van der Waals surface area contributed by atoms with Gasteiger partial charge in [0.15, 0.2) is 0 Å². The topological polar surface area (TPSA) is 43.8 Å². The summed E-state index contributed by atoms with van der Waals surface area (Å²) in [5.74, 6) is -0.264. The maximum absolute atomic E-state index is 13.1. The van der Waals surface area contributed by atoms with Crippen molar-refractivity contribution in [2.45, 2.75) is 39.3 Å². The lowest BCUT2D eigenvalue weighted by molar-refractivity contribution is 0.583. The maximum atomic E-state index is 13.1. The number of halogens is 2. The molecule has 108 valence electrons. The van der Waals surface area contributed by atoms with Crippen LogP contribution in [-0.2, 0) is 19.4 Å². The van der Waals surface area contributed by atoms with Crippen LogP contribution in [0.1, 0.15) is 36.8 Å². The fraction of sp³-hybridized carbons (Fsp3) is 0.400. The van der Waals surface area contributed by atoms with Gasteiger partial charge < -0.3 is 5.73 Å². The van der Waals surface area contributed by atoms with E-state index in [-0.39, 0.29) is 11.9 Å². The Labute approximate surface area is 127 Å². The van der Waals surface area contributed by atoms with Crippen LogP contribution in [0, 0.1) is 5.82 Å². The lowest BCUT2D eigenvalue weighted by Gasteiger charge is -2.14. The summed E-state index contributed by atoms with van der Waals surface area (Å²) in [6, 6.07) is 6.54. The number of nitrogens with two attached hydrogens (primary N) is 1. The zero-order valence-corrected chi connectivity index (χ0v) is 13.3. The summed E-state index contributed by atoms with van der Waals surface area (Å²) >= 11 is 3.37. The zero-order chi connectivity index (χ0) is 14.7. The molecule has 0 aliphatic rings. The first-order valence-electron chi connectivity index (χ1n) is 6.81. The first kappa shape index (κ1) is 15.2. The molecule has 2 N–H and O–H groups in total. The molecule has 0 aliphatic heterocycles. The fourth-order valence-electron chi connectivity index (χ4n) is 2.26. The van der Waals surface area contributed by atoms with Gasteiger partial charge in [-0.05, 0) is 37.1 Å². The van der Waals surface area contributed by atoms with Crippen molar-refractivity contribution in [2.24, 2.45) is 5.73 Å². The summed E-state index contributed by atoms with van der Waals surface area (Å²) in [5.41, 5.74) is 9.36. The summed E-state index contributed by atoms with van der Waals surface area (Å²) in [7, 11) is 0. The number of rotatable bonds is 5. The van der Waals surface area contributed by atoms with Crippen molar-refractivity contribution in [3.63, 3.8) is 0 Å². The van der Waals surface area contributed by atoms with Gasteiger partial charge in [0.1, 0.15) is 5.82 Å². The molecule has 0 aliphatic carbocycles. The zero-order valence-electron chi connectivity index (χ0n) is 11.7. The minimum absolute atomic E-state index is 0.184. The Morgan fingerprint density at radius 1 is 1.35 bits per heavy atom. The Kier molecular flexibility index (Phi) is 4.94. The lowest BCUT2D eigenvalue weighted by atomic mass is 10.0. The standard InChI is InChI=1S/C15H19BrFN3/c1-3-11-8-12(20(4-2)19-11)9-15(18)13-6-5-10(17)7-14(13)16/h5-8,15H,3-4,9,18H2,1-2H3. The number of hydrogen-bond acceptors (Lipinski definition) is 2. The van der Waals surface area contributed by atoms with Crippen molar-refractivity contribution in [2.75, 3.05) is 0 Å². The van der Waals surface area contributed by atoms with Gasteiger partial charge in [-0.15, -0.1) is 0 Å². The molecular weight excluding hydrogens is 321 g/mol. The van der Waals surface area contributed by atoms with E-state index in [1.165, 1.54) is 12.1 Å². The minimum Gasteiger partial charge on any atom is -0.324 e. The third-order valence-corrected chi connectivity index (χ3v) is 4.05. The molecule has 1 atom stereocenters. The van der Waals surface area contributed by atoms with E-state index in [1.54, 1.807) is 6.07 Å². The van der Waals surface area contributed by atoms with E-state index in [4.69, 9.17) is 5.73 Å².